The van der Waals surface area contributed by atoms with Crippen LogP contribution in [0.3, 0.4) is 0 Å². The van der Waals surface area contributed by atoms with Gasteiger partial charge in [0.15, 0.2) is 0 Å². The maximum Gasteiger partial charge on any atom is 0.142 e. The summed E-state index contributed by atoms with van der Waals surface area (Å²) in [6.45, 7) is 2.04. The van der Waals surface area contributed by atoms with Gasteiger partial charge in [-0.25, -0.2) is 4.39 Å². The zero-order valence-electron chi connectivity index (χ0n) is 10.2. The minimum atomic E-state index is -0.329. The van der Waals surface area contributed by atoms with Crippen molar-refractivity contribution in [3.05, 3.63) is 69.4 Å². The van der Waals surface area contributed by atoms with Gasteiger partial charge in [-0.1, -0.05) is 42.0 Å². The molecule has 94 valence electrons. The van der Waals surface area contributed by atoms with Crippen molar-refractivity contribution in [2.24, 2.45) is 5.73 Å². The quantitative estimate of drug-likeness (QED) is 0.906. The highest BCUT2D eigenvalue weighted by Crippen LogP contribution is 2.24. The third-order valence-corrected chi connectivity index (χ3v) is 3.53. The molecule has 2 aromatic carbocycles. The second kappa shape index (κ2) is 5.63. The van der Waals surface area contributed by atoms with Gasteiger partial charge in [0.05, 0.1) is 4.47 Å². The fraction of sp³-hybridized carbons (Fsp3) is 0.200. The summed E-state index contributed by atoms with van der Waals surface area (Å²) in [5, 5.41) is 0. The molecule has 1 nitrogen and oxygen atoms in total. The van der Waals surface area contributed by atoms with Crippen molar-refractivity contribution in [3.63, 3.8) is 0 Å². The lowest BCUT2D eigenvalue weighted by atomic mass is 9.98. The minimum absolute atomic E-state index is 0.266. The molecule has 0 aromatic heterocycles. The van der Waals surface area contributed by atoms with Gasteiger partial charge in [0.25, 0.3) is 0 Å². The molecule has 2 aromatic rings. The van der Waals surface area contributed by atoms with Crippen molar-refractivity contribution < 1.29 is 4.39 Å². The zero-order chi connectivity index (χ0) is 13.1. The Labute approximate surface area is 115 Å². The summed E-state index contributed by atoms with van der Waals surface area (Å²) in [4.78, 5) is 0. The van der Waals surface area contributed by atoms with Crippen LogP contribution in [0.5, 0.6) is 0 Å². The summed E-state index contributed by atoms with van der Waals surface area (Å²) < 4.78 is 14.4. The standard InChI is InChI=1S/C15H15BrFN/c1-10-4-2-5-11(8-10)9-14(18)12-6-3-7-13(16)15(12)17/h2-8,14H,9,18H2,1H3. The monoisotopic (exact) mass is 307 g/mol. The van der Waals surface area contributed by atoms with Crippen molar-refractivity contribution in [1.82, 2.24) is 0 Å². The second-order valence-electron chi connectivity index (χ2n) is 4.44. The number of aryl methyl sites for hydroxylation is 1. The molecule has 0 aliphatic carbocycles. The van der Waals surface area contributed by atoms with Gasteiger partial charge in [-0.2, -0.15) is 0 Å². The molecular weight excluding hydrogens is 293 g/mol. The van der Waals surface area contributed by atoms with Crippen LogP contribution in [0, 0.1) is 12.7 Å². The van der Waals surface area contributed by atoms with Crippen molar-refractivity contribution in [1.29, 1.82) is 0 Å². The lowest BCUT2D eigenvalue weighted by molar-refractivity contribution is 0.575. The van der Waals surface area contributed by atoms with Crippen LogP contribution in [-0.2, 0) is 6.42 Å². The molecule has 2 rings (SSSR count). The van der Waals surface area contributed by atoms with Crippen molar-refractivity contribution in [2.45, 2.75) is 19.4 Å². The van der Waals surface area contributed by atoms with Crippen LogP contribution < -0.4 is 5.73 Å². The van der Waals surface area contributed by atoms with Crippen LogP contribution in [0.15, 0.2) is 46.9 Å². The molecule has 0 saturated carbocycles. The maximum absolute atomic E-state index is 13.9. The maximum atomic E-state index is 13.9. The molecule has 0 amide bonds. The van der Waals surface area contributed by atoms with Crippen molar-refractivity contribution in [2.75, 3.05) is 0 Å². The van der Waals surface area contributed by atoms with E-state index < -0.39 is 0 Å². The molecule has 1 atom stereocenters. The Morgan fingerprint density at radius 2 is 1.94 bits per heavy atom. The van der Waals surface area contributed by atoms with Gasteiger partial charge < -0.3 is 5.73 Å². The number of hydrogen-bond donors (Lipinski definition) is 1. The average Bonchev–Trinajstić information content (AvgIpc) is 2.32. The van der Waals surface area contributed by atoms with E-state index in [9.17, 15) is 4.39 Å². The summed E-state index contributed by atoms with van der Waals surface area (Å²) in [6.07, 6.45) is 0.634. The Hall–Kier alpha value is -1.19. The van der Waals surface area contributed by atoms with Crippen LogP contribution in [0.2, 0.25) is 0 Å². The molecule has 0 fully saturated rings. The van der Waals surface area contributed by atoms with E-state index >= 15 is 0 Å². The summed E-state index contributed by atoms with van der Waals surface area (Å²) in [6, 6.07) is 13.0. The number of nitrogens with two attached hydrogens (primary N) is 1. The second-order valence-corrected chi connectivity index (χ2v) is 5.30. The van der Waals surface area contributed by atoms with E-state index in [1.807, 2.05) is 25.1 Å². The minimum Gasteiger partial charge on any atom is -0.324 e. The molecule has 0 saturated heterocycles. The first kappa shape index (κ1) is 13.2. The van der Waals surface area contributed by atoms with Crippen LogP contribution >= 0.6 is 15.9 Å². The first-order valence-corrected chi connectivity index (χ1v) is 6.62. The highest BCUT2D eigenvalue weighted by atomic mass is 79.9. The molecule has 1 unspecified atom stereocenters. The topological polar surface area (TPSA) is 26.0 Å². The van der Waals surface area contributed by atoms with Gasteiger partial charge in [0.1, 0.15) is 5.82 Å². The number of rotatable bonds is 3. The van der Waals surface area contributed by atoms with Crippen LogP contribution in [0.25, 0.3) is 0 Å². The molecule has 3 heteroatoms. The van der Waals surface area contributed by atoms with E-state index in [-0.39, 0.29) is 11.9 Å². The predicted octanol–water partition coefficient (Wildman–Crippen LogP) is 4.14. The predicted molar refractivity (Wildman–Crippen MR) is 75.9 cm³/mol. The number of hydrogen-bond acceptors (Lipinski definition) is 1. The van der Waals surface area contributed by atoms with Crippen LogP contribution in [0.1, 0.15) is 22.7 Å². The van der Waals surface area contributed by atoms with Gasteiger partial charge in [-0.15, -0.1) is 0 Å². The van der Waals surface area contributed by atoms with E-state index in [1.54, 1.807) is 18.2 Å². The fourth-order valence-corrected chi connectivity index (χ4v) is 2.39. The summed E-state index contributed by atoms with van der Waals surface area (Å²) in [5.74, 6) is -0.266. The van der Waals surface area contributed by atoms with E-state index in [0.29, 0.717) is 16.5 Å². The summed E-state index contributed by atoms with van der Waals surface area (Å²) in [7, 11) is 0. The third kappa shape index (κ3) is 2.98. The highest BCUT2D eigenvalue weighted by molar-refractivity contribution is 9.10. The fourth-order valence-electron chi connectivity index (χ4n) is 2.01. The Kier molecular flexibility index (Phi) is 4.15. The molecule has 0 bridgehead atoms. The zero-order valence-corrected chi connectivity index (χ0v) is 11.7. The molecule has 0 heterocycles. The third-order valence-electron chi connectivity index (χ3n) is 2.92. The SMILES string of the molecule is Cc1cccc(CC(N)c2cccc(Br)c2F)c1. The lowest BCUT2D eigenvalue weighted by Crippen LogP contribution is -2.15. The summed E-state index contributed by atoms with van der Waals surface area (Å²) in [5.41, 5.74) is 8.95. The van der Waals surface area contributed by atoms with Crippen LogP contribution in [0.4, 0.5) is 4.39 Å². The molecule has 0 spiro atoms. The first-order valence-electron chi connectivity index (χ1n) is 5.83. The molecule has 0 radical (unpaired) electrons. The molecule has 18 heavy (non-hydrogen) atoms. The van der Waals surface area contributed by atoms with E-state index in [4.69, 9.17) is 5.73 Å². The van der Waals surface area contributed by atoms with E-state index in [0.717, 1.165) is 5.56 Å². The number of halogens is 2. The van der Waals surface area contributed by atoms with Gasteiger partial charge >= 0.3 is 0 Å². The lowest BCUT2D eigenvalue weighted by Gasteiger charge is -2.14. The normalized spacial score (nSPS) is 12.4. The highest BCUT2D eigenvalue weighted by Gasteiger charge is 2.13. The Morgan fingerprint density at radius 3 is 2.67 bits per heavy atom. The number of benzene rings is 2. The molecule has 0 aliphatic rings. The Bertz CT molecular complexity index is 554. The Balaban J connectivity index is 2.22. The molecule has 2 N–H and O–H groups in total. The smallest absolute Gasteiger partial charge is 0.142 e. The van der Waals surface area contributed by atoms with Crippen molar-refractivity contribution >= 4 is 15.9 Å². The van der Waals surface area contributed by atoms with E-state index in [2.05, 4.69) is 22.0 Å². The van der Waals surface area contributed by atoms with Gasteiger partial charge in [0.2, 0.25) is 0 Å². The Morgan fingerprint density at radius 1 is 1.22 bits per heavy atom. The summed E-state index contributed by atoms with van der Waals surface area (Å²) >= 11 is 3.18. The van der Waals surface area contributed by atoms with Gasteiger partial charge in [-0.3, -0.25) is 0 Å². The first-order chi connectivity index (χ1) is 8.58. The van der Waals surface area contributed by atoms with Crippen LogP contribution in [-0.4, -0.2) is 0 Å². The van der Waals surface area contributed by atoms with Gasteiger partial charge in [-0.05, 0) is 40.9 Å². The van der Waals surface area contributed by atoms with Crippen molar-refractivity contribution in [3.8, 4) is 0 Å². The van der Waals surface area contributed by atoms with E-state index in [1.165, 1.54) is 5.56 Å². The van der Waals surface area contributed by atoms with Gasteiger partial charge in [0, 0.05) is 11.6 Å². The molecular formula is C15H15BrFN. The average molecular weight is 308 g/mol. The largest absolute Gasteiger partial charge is 0.324 e. The molecule has 0 aliphatic heterocycles.